The molecule has 1 fully saturated rings. The quantitative estimate of drug-likeness (QED) is 0.248. The number of hydrogen-bond acceptors (Lipinski definition) is 1. The number of hydrogen-bond donors (Lipinski definition) is 1. The van der Waals surface area contributed by atoms with Crippen LogP contribution in [0.1, 0.15) is 44.7 Å². The Balaban J connectivity index is 0.000000479. The molecule has 10 heteroatoms. The number of quaternary nitrogens is 1. The molecule has 3 nitrogen and oxygen atoms in total. The Morgan fingerprint density at radius 3 is 1.67 bits per heavy atom. The first kappa shape index (κ1) is 27.1. The molecule has 2 aromatic rings. The first-order valence-electron chi connectivity index (χ1n) is 10.7. The predicted molar refractivity (Wildman–Crippen MR) is 120 cm³/mol. The SMILES string of the molecule is CC(=O)NC(C)(C)C1CCC[N+]1(Cc1ccccc1)Cc1ccccc1.F[P-](F)(F)(F)(F)F. The Bertz CT molecular complexity index is 881. The molecule has 1 atom stereocenters. The molecule has 0 bridgehead atoms. The summed E-state index contributed by atoms with van der Waals surface area (Å²) in [5.41, 5.74) is 2.51. The Kier molecular flexibility index (Phi) is 7.33. The van der Waals surface area contributed by atoms with E-state index in [9.17, 15) is 30.0 Å². The van der Waals surface area contributed by atoms with Crippen LogP contribution in [0, 0.1) is 0 Å². The molecule has 0 aliphatic carbocycles. The van der Waals surface area contributed by atoms with Crippen LogP contribution in [-0.2, 0) is 17.9 Å². The molecule has 0 radical (unpaired) electrons. The van der Waals surface area contributed by atoms with Crippen LogP contribution in [0.3, 0.4) is 0 Å². The normalized spacial score (nSPS) is 20.1. The zero-order valence-corrected chi connectivity index (χ0v) is 19.9. The number of carbonyl (C=O) groups is 1. The molecule has 0 saturated carbocycles. The second-order valence-corrected chi connectivity index (χ2v) is 11.2. The fraction of sp³-hybridized carbons (Fsp3) is 0.435. The zero-order valence-electron chi connectivity index (χ0n) is 19.0. The fourth-order valence-electron chi connectivity index (χ4n) is 4.94. The summed E-state index contributed by atoms with van der Waals surface area (Å²) in [4.78, 5) is 11.8. The van der Waals surface area contributed by atoms with Gasteiger partial charge in [-0.1, -0.05) is 60.7 Å². The van der Waals surface area contributed by atoms with Crippen molar-refractivity contribution in [1.82, 2.24) is 5.32 Å². The first-order valence-corrected chi connectivity index (χ1v) is 12.7. The molecule has 1 aliphatic heterocycles. The van der Waals surface area contributed by atoms with Gasteiger partial charge in [0.2, 0.25) is 5.91 Å². The van der Waals surface area contributed by atoms with Crippen LogP contribution in [0.5, 0.6) is 0 Å². The number of nitrogens with one attached hydrogen (secondary N) is 1. The molecular formula is C23H31F6N2OP. The number of rotatable bonds is 6. The van der Waals surface area contributed by atoms with E-state index in [0.29, 0.717) is 6.04 Å². The maximum atomic E-state index is 11.8. The van der Waals surface area contributed by atoms with E-state index in [1.54, 1.807) is 6.92 Å². The van der Waals surface area contributed by atoms with E-state index < -0.39 is 7.81 Å². The van der Waals surface area contributed by atoms with Gasteiger partial charge in [-0.2, -0.15) is 0 Å². The summed E-state index contributed by atoms with van der Waals surface area (Å²) in [6.07, 6.45) is 2.35. The second kappa shape index (κ2) is 8.91. The molecule has 1 saturated heterocycles. The summed E-state index contributed by atoms with van der Waals surface area (Å²) in [6.45, 7) is 9.16. The third-order valence-electron chi connectivity index (χ3n) is 5.75. The first-order chi connectivity index (χ1) is 14.9. The van der Waals surface area contributed by atoms with E-state index in [4.69, 9.17) is 0 Å². The van der Waals surface area contributed by atoms with Crippen LogP contribution in [0.15, 0.2) is 60.7 Å². The number of nitrogens with zero attached hydrogens (tertiary/aromatic N) is 1. The summed E-state index contributed by atoms with van der Waals surface area (Å²) in [6, 6.07) is 22.0. The number of amides is 1. The van der Waals surface area contributed by atoms with Crippen molar-refractivity contribution in [3.05, 3.63) is 71.8 Å². The summed E-state index contributed by atoms with van der Waals surface area (Å²) in [7, 11) is -10.7. The minimum absolute atomic E-state index is 0.0550. The summed E-state index contributed by atoms with van der Waals surface area (Å²) in [5, 5.41) is 3.23. The van der Waals surface area contributed by atoms with Gasteiger partial charge >= 0.3 is 33.0 Å². The average Bonchev–Trinajstić information content (AvgIpc) is 3.04. The van der Waals surface area contributed by atoms with E-state index in [1.807, 2.05) is 0 Å². The predicted octanol–water partition coefficient (Wildman–Crippen LogP) is 7.66. The van der Waals surface area contributed by atoms with E-state index in [1.165, 1.54) is 17.5 Å². The third kappa shape index (κ3) is 10.1. The maximum absolute atomic E-state index is 11.8. The van der Waals surface area contributed by atoms with Gasteiger partial charge in [0.25, 0.3) is 0 Å². The van der Waals surface area contributed by atoms with Gasteiger partial charge in [0.05, 0.1) is 12.1 Å². The number of benzene rings is 2. The van der Waals surface area contributed by atoms with Gasteiger partial charge in [0.1, 0.15) is 19.1 Å². The zero-order chi connectivity index (χ0) is 25.0. The van der Waals surface area contributed by atoms with E-state index in [2.05, 4.69) is 79.8 Å². The van der Waals surface area contributed by atoms with Crippen molar-refractivity contribution < 1.29 is 34.5 Å². The van der Waals surface area contributed by atoms with Gasteiger partial charge in [-0.3, -0.25) is 4.79 Å². The van der Waals surface area contributed by atoms with Gasteiger partial charge in [0, 0.05) is 30.9 Å². The molecule has 1 amide bonds. The summed E-state index contributed by atoms with van der Waals surface area (Å²) < 4.78 is 60.2. The second-order valence-electron chi connectivity index (χ2n) is 9.25. The average molecular weight is 496 g/mol. The van der Waals surface area contributed by atoms with E-state index >= 15 is 0 Å². The third-order valence-corrected chi connectivity index (χ3v) is 5.75. The van der Waals surface area contributed by atoms with Gasteiger partial charge in [0.15, 0.2) is 0 Å². The monoisotopic (exact) mass is 496 g/mol. The van der Waals surface area contributed by atoms with E-state index in [0.717, 1.165) is 30.5 Å². The van der Waals surface area contributed by atoms with Crippen molar-refractivity contribution in [2.24, 2.45) is 0 Å². The van der Waals surface area contributed by atoms with Gasteiger partial charge < -0.3 is 9.80 Å². The molecule has 2 aromatic carbocycles. The van der Waals surface area contributed by atoms with Gasteiger partial charge in [-0.25, -0.2) is 0 Å². The van der Waals surface area contributed by atoms with Crippen molar-refractivity contribution in [2.45, 2.75) is 58.3 Å². The van der Waals surface area contributed by atoms with Crippen molar-refractivity contribution >= 4 is 13.7 Å². The van der Waals surface area contributed by atoms with Crippen molar-refractivity contribution in [3.63, 3.8) is 0 Å². The van der Waals surface area contributed by atoms with Crippen LogP contribution >= 0.6 is 7.81 Å². The van der Waals surface area contributed by atoms with Crippen LogP contribution in [0.2, 0.25) is 0 Å². The van der Waals surface area contributed by atoms with Crippen LogP contribution in [0.25, 0.3) is 0 Å². The molecule has 0 spiro atoms. The number of halogens is 6. The number of carbonyl (C=O) groups excluding carboxylic acids is 1. The van der Waals surface area contributed by atoms with Crippen LogP contribution in [-0.4, -0.2) is 28.5 Å². The molecule has 1 N–H and O–H groups in total. The van der Waals surface area contributed by atoms with Crippen molar-refractivity contribution in [1.29, 1.82) is 0 Å². The molecule has 0 aromatic heterocycles. The van der Waals surface area contributed by atoms with Gasteiger partial charge in [-0.05, 0) is 13.8 Å². The molecule has 33 heavy (non-hydrogen) atoms. The molecule has 1 aliphatic rings. The molecule has 3 rings (SSSR count). The minimum atomic E-state index is -10.7. The fourth-order valence-corrected chi connectivity index (χ4v) is 4.94. The van der Waals surface area contributed by atoms with Crippen molar-refractivity contribution in [2.75, 3.05) is 6.54 Å². The van der Waals surface area contributed by atoms with E-state index in [-0.39, 0.29) is 11.4 Å². The van der Waals surface area contributed by atoms with Crippen molar-refractivity contribution in [3.8, 4) is 0 Å². The Morgan fingerprint density at radius 1 is 0.909 bits per heavy atom. The number of likely N-dealkylation sites (tertiary alicyclic amines) is 1. The Labute approximate surface area is 190 Å². The summed E-state index contributed by atoms with van der Waals surface area (Å²) in [5.74, 6) is 0.0550. The van der Waals surface area contributed by atoms with Crippen LogP contribution in [0.4, 0.5) is 25.2 Å². The van der Waals surface area contributed by atoms with Gasteiger partial charge in [-0.15, -0.1) is 0 Å². The molecule has 1 unspecified atom stereocenters. The van der Waals surface area contributed by atoms with Crippen LogP contribution < -0.4 is 5.32 Å². The molecule has 186 valence electrons. The molecular weight excluding hydrogens is 465 g/mol. The summed E-state index contributed by atoms with van der Waals surface area (Å²) >= 11 is 0. The Hall–Kier alpha value is -2.12. The Morgan fingerprint density at radius 2 is 1.30 bits per heavy atom. The molecule has 1 heterocycles. The topological polar surface area (TPSA) is 29.1 Å². The standard InChI is InChI=1S/C23H30N2O.F6P/c1-19(26)24-23(2,3)22-15-10-16-25(22,17-20-11-6-4-7-12-20)18-21-13-8-5-9-14-21;1-7(2,3,4,5)6/h4-9,11-14,22H,10,15-18H2,1-3H3;/q;-1/p+1.